The minimum atomic E-state index is -4.92. The second-order valence-corrected chi connectivity index (χ2v) is 14.1. The van der Waals surface area contributed by atoms with Crippen LogP contribution in [0.5, 0.6) is 0 Å². The van der Waals surface area contributed by atoms with Crippen LogP contribution in [0.2, 0.25) is 0 Å². The predicted octanol–water partition coefficient (Wildman–Crippen LogP) is -4.25. The zero-order valence-corrected chi connectivity index (χ0v) is 33.9. The maximum absolute atomic E-state index is 11.9. The fourth-order valence-corrected chi connectivity index (χ4v) is 6.42. The van der Waals surface area contributed by atoms with Gasteiger partial charge in [0.05, 0.1) is 37.5 Å². The number of anilines is 6. The van der Waals surface area contributed by atoms with Gasteiger partial charge in [-0.2, -0.15) is 29.6 Å². The van der Waals surface area contributed by atoms with E-state index in [1.807, 2.05) is 0 Å². The van der Waals surface area contributed by atoms with Gasteiger partial charge in [-0.25, -0.2) is 0 Å². The summed E-state index contributed by atoms with van der Waals surface area (Å²) in [6.07, 6.45) is -3.52. The van der Waals surface area contributed by atoms with E-state index in [2.05, 4.69) is 50.3 Å². The Morgan fingerprint density at radius 3 is 1.38 bits per heavy atom. The van der Waals surface area contributed by atoms with Crippen LogP contribution in [-0.2, 0) is 99.2 Å². The van der Waals surface area contributed by atoms with E-state index in [1.165, 1.54) is 0 Å². The van der Waals surface area contributed by atoms with Crippen LogP contribution in [0.1, 0.15) is 0 Å². The van der Waals surface area contributed by atoms with Gasteiger partial charge in [-0.1, -0.05) is 0 Å². The minimum Gasteiger partial charge on any atom is -0.783 e. The van der Waals surface area contributed by atoms with Gasteiger partial charge in [-0.15, -0.1) is 0 Å². The van der Waals surface area contributed by atoms with Gasteiger partial charge in [0.1, 0.15) is 11.4 Å². The molecular formula is C20H22MgN10O12P2S4W-4. The van der Waals surface area contributed by atoms with Crippen molar-refractivity contribution >= 4 is 124 Å². The number of fused-ring (bicyclic) bond motifs is 4. The third-order valence-electron chi connectivity index (χ3n) is 6.67. The van der Waals surface area contributed by atoms with Crippen LogP contribution >= 0.6 is 15.6 Å². The predicted molar refractivity (Wildman–Crippen MR) is 179 cm³/mol. The van der Waals surface area contributed by atoms with Crippen LogP contribution in [0.4, 0.5) is 34.9 Å². The van der Waals surface area contributed by atoms with Crippen molar-refractivity contribution in [3.63, 3.8) is 0 Å². The molecule has 22 nitrogen and oxygen atoms in total. The van der Waals surface area contributed by atoms with E-state index in [0.29, 0.717) is 0 Å². The molecule has 6 heterocycles. The van der Waals surface area contributed by atoms with Crippen molar-refractivity contribution in [3.8, 4) is 0 Å². The molecule has 270 valence electrons. The summed E-state index contributed by atoms with van der Waals surface area (Å²) in [5.74, 6) is 0.134. The number of hydrogen-bond donors (Lipinski definition) is 10. The summed E-state index contributed by atoms with van der Waals surface area (Å²) < 4.78 is 41.3. The Morgan fingerprint density at radius 1 is 0.720 bits per heavy atom. The third kappa shape index (κ3) is 9.93. The first-order chi connectivity index (χ1) is 22.3. The monoisotopic (exact) mass is 992 g/mol. The van der Waals surface area contributed by atoms with Gasteiger partial charge in [0, 0.05) is 21.1 Å². The molecule has 0 saturated heterocycles. The van der Waals surface area contributed by atoms with Crippen LogP contribution in [-0.4, -0.2) is 103 Å². The average molecular weight is 993 g/mol. The normalized spacial score (nSPS) is 27.0. The largest absolute Gasteiger partial charge is 2.00 e. The molecule has 4 aliphatic rings. The minimum absolute atomic E-state index is 0. The molecule has 2 aromatic heterocycles. The Morgan fingerprint density at radius 2 is 1.06 bits per heavy atom. The summed E-state index contributed by atoms with van der Waals surface area (Å²) >= 11 is 20.8. The number of rotatable bonds is 6. The number of phosphoric ester groups is 2. The van der Waals surface area contributed by atoms with Gasteiger partial charge in [-0.05, 0) is 0 Å². The van der Waals surface area contributed by atoms with Crippen molar-refractivity contribution in [3.05, 3.63) is 40.3 Å². The smallest absolute Gasteiger partial charge is 0.783 e. The van der Waals surface area contributed by atoms with E-state index in [4.69, 9.17) is 81.2 Å². The number of ether oxygens (including phenoxy) is 2. The first-order valence-electron chi connectivity index (χ1n) is 13.0. The van der Waals surface area contributed by atoms with E-state index in [0.717, 1.165) is 0 Å². The van der Waals surface area contributed by atoms with E-state index in [9.17, 15) is 28.5 Å². The van der Waals surface area contributed by atoms with E-state index < -0.39 is 76.7 Å². The van der Waals surface area contributed by atoms with E-state index in [1.54, 1.807) is 0 Å². The number of hydrogen-bond acceptors (Lipinski definition) is 22. The van der Waals surface area contributed by atoms with Crippen LogP contribution < -0.4 is 53.6 Å². The van der Waals surface area contributed by atoms with Crippen LogP contribution in [0.25, 0.3) is 0 Å². The quantitative estimate of drug-likeness (QED) is 0.0744. The van der Waals surface area contributed by atoms with Gasteiger partial charge in [0.2, 0.25) is 11.9 Å². The molecule has 2 aromatic rings. The number of nitrogens with two attached hydrogens (primary N) is 2. The number of nitrogens with zero attached hydrogens (tertiary/aromatic N) is 2. The summed E-state index contributed by atoms with van der Waals surface area (Å²) in [5.41, 5.74) is 10.3. The molecule has 50 heavy (non-hydrogen) atoms. The van der Waals surface area contributed by atoms with Crippen molar-refractivity contribution in [1.82, 2.24) is 19.9 Å². The van der Waals surface area contributed by atoms with Crippen LogP contribution in [0.15, 0.2) is 29.2 Å². The standard InChI is InChI=1S/2C10H14N5O6PS2.Mg.W/c2*11-10-14-7-4(8(16)15-10)12-3-6(24)5(23)2(21-9(3)13-7)1-20-22(17,18)19;;/h2*2-3,9,12,23-24H,1H2,(H2,17,18,19)(H4,11,13,14,15,16);;/q;;+2;/p-6. The molecule has 0 spiro atoms. The molecule has 0 amide bonds. The number of H-pyrrole nitrogens is 2. The average Bonchev–Trinajstić information content (AvgIpc) is 2.97. The number of phosphoric acid groups is 2. The van der Waals surface area contributed by atoms with E-state index in [-0.39, 0.29) is 98.6 Å². The van der Waals surface area contributed by atoms with Crippen molar-refractivity contribution in [1.29, 1.82) is 0 Å². The maximum atomic E-state index is 11.9. The summed E-state index contributed by atoms with van der Waals surface area (Å²) in [6, 6.07) is -1.29. The van der Waals surface area contributed by atoms with Crippen molar-refractivity contribution in [2.24, 2.45) is 0 Å². The molecular weight excluding hydrogens is 971 g/mol. The van der Waals surface area contributed by atoms with Crippen molar-refractivity contribution in [2.75, 3.05) is 45.9 Å². The second kappa shape index (κ2) is 16.7. The molecule has 0 aliphatic carbocycles. The zero-order chi connectivity index (χ0) is 35.3. The molecule has 8 atom stereocenters. The number of aromatic nitrogens is 4. The van der Waals surface area contributed by atoms with Gasteiger partial charge < -0.3 is 121 Å². The molecule has 4 aliphatic heterocycles. The van der Waals surface area contributed by atoms with Crippen molar-refractivity contribution < 1.29 is 68.3 Å². The van der Waals surface area contributed by atoms with Crippen LogP contribution in [0.3, 0.4) is 0 Å². The number of nitrogen functional groups attached to an aromatic ring is 2. The second-order valence-electron chi connectivity index (χ2n) is 9.96. The molecule has 0 fully saturated rings. The summed E-state index contributed by atoms with van der Waals surface area (Å²) in [5, 5.41) is 11.5. The molecule has 8 unspecified atom stereocenters. The third-order valence-corrected chi connectivity index (χ3v) is 9.80. The Balaban J connectivity index is 0.000000260. The molecule has 0 saturated carbocycles. The summed E-state index contributed by atoms with van der Waals surface area (Å²) in [4.78, 5) is 76.0. The molecule has 12 N–H and O–H groups in total. The molecule has 0 bridgehead atoms. The van der Waals surface area contributed by atoms with Crippen molar-refractivity contribution in [2.45, 2.75) is 36.7 Å². The van der Waals surface area contributed by atoms with E-state index >= 15 is 0 Å². The molecule has 0 aromatic carbocycles. The number of aromatic amines is 2. The SMILES string of the molecule is Nc1nc2c(c(=O)[nH]1)NC1C([S-])=C([S-])C(COP(=O)([O-])O)OC1N2.Nc1nc2c(c(=O)[nH]1)NC1C([S-])=C([S-])C(COP(=O)([O-])O)OC1N2.[Mg+2].[W]. The van der Waals surface area contributed by atoms with Gasteiger partial charge in [0.15, 0.2) is 24.1 Å². The molecule has 6 rings (SSSR count). The van der Waals surface area contributed by atoms with Gasteiger partial charge >= 0.3 is 23.1 Å². The summed E-state index contributed by atoms with van der Waals surface area (Å²) in [6.45, 7) is -1.06. The Hall–Kier alpha value is -1.49. The zero-order valence-electron chi connectivity index (χ0n) is 24.5. The maximum Gasteiger partial charge on any atom is 2.00 e. The Kier molecular flexibility index (Phi) is 14.3. The number of nitrogens with one attached hydrogen (secondary N) is 6. The first kappa shape index (κ1) is 42.9. The fraction of sp³-hybridized carbons (Fsp3) is 0.400. The Labute approximate surface area is 333 Å². The Bertz CT molecular complexity index is 1770. The van der Waals surface area contributed by atoms with Crippen LogP contribution in [0, 0.1) is 0 Å². The molecule has 0 radical (unpaired) electrons. The fourth-order valence-electron chi connectivity index (χ4n) is 4.64. The van der Waals surface area contributed by atoms with Gasteiger partial charge in [0.25, 0.3) is 26.8 Å². The summed E-state index contributed by atoms with van der Waals surface area (Å²) in [7, 11) is -9.85. The molecule has 30 heteroatoms. The van der Waals surface area contributed by atoms with Gasteiger partial charge in [-0.3, -0.25) is 28.7 Å². The topological polar surface area (TPSA) is 349 Å². The first-order valence-corrected chi connectivity index (χ1v) is 17.6.